The van der Waals surface area contributed by atoms with Crippen LogP contribution in [0.1, 0.15) is 46.5 Å². The van der Waals surface area contributed by atoms with E-state index in [0.717, 1.165) is 25.8 Å². The van der Waals surface area contributed by atoms with Gasteiger partial charge in [-0.3, -0.25) is 0 Å². The maximum absolute atomic E-state index is 9.96. The molecule has 0 aromatic carbocycles. The van der Waals surface area contributed by atoms with E-state index in [-0.39, 0.29) is 6.10 Å². The Morgan fingerprint density at radius 2 is 2.07 bits per heavy atom. The van der Waals surface area contributed by atoms with Crippen molar-refractivity contribution in [2.75, 3.05) is 13.6 Å². The molecule has 0 saturated heterocycles. The highest BCUT2D eigenvalue weighted by molar-refractivity contribution is 4.89. The summed E-state index contributed by atoms with van der Waals surface area (Å²) in [6, 6.07) is 0.374. The highest BCUT2D eigenvalue weighted by atomic mass is 16.3. The van der Waals surface area contributed by atoms with Crippen molar-refractivity contribution < 1.29 is 5.11 Å². The summed E-state index contributed by atoms with van der Waals surface area (Å²) in [5, 5.41) is 9.96. The van der Waals surface area contributed by atoms with Gasteiger partial charge in [-0.2, -0.15) is 0 Å². The minimum Gasteiger partial charge on any atom is -0.391 e. The predicted octanol–water partition coefficient (Wildman–Crippen LogP) is 2.27. The van der Waals surface area contributed by atoms with Gasteiger partial charge in [0.05, 0.1) is 6.10 Å². The van der Waals surface area contributed by atoms with Crippen LogP contribution in [0.15, 0.2) is 0 Å². The topological polar surface area (TPSA) is 23.5 Å². The molecule has 0 bridgehead atoms. The Bertz CT molecular complexity index is 179. The quantitative estimate of drug-likeness (QED) is 0.753. The molecule has 2 atom stereocenters. The van der Waals surface area contributed by atoms with Crippen molar-refractivity contribution in [3.63, 3.8) is 0 Å². The molecule has 1 fully saturated rings. The smallest absolute Gasteiger partial charge is 0.0695 e. The molecule has 1 N–H and O–H groups in total. The van der Waals surface area contributed by atoms with Gasteiger partial charge in [0.2, 0.25) is 0 Å². The largest absolute Gasteiger partial charge is 0.391 e. The third-order valence-electron chi connectivity index (χ3n) is 3.47. The SMILES string of the molecule is CCCN(C)C1CC(C)(C)CCC1O. The van der Waals surface area contributed by atoms with Crippen molar-refractivity contribution in [1.82, 2.24) is 4.90 Å². The minimum absolute atomic E-state index is 0.112. The van der Waals surface area contributed by atoms with E-state index in [1.807, 2.05) is 0 Å². The van der Waals surface area contributed by atoms with Gasteiger partial charge in [-0.25, -0.2) is 0 Å². The molecule has 1 rings (SSSR count). The van der Waals surface area contributed by atoms with E-state index in [4.69, 9.17) is 0 Å². The molecule has 14 heavy (non-hydrogen) atoms. The first-order valence-corrected chi connectivity index (χ1v) is 5.84. The van der Waals surface area contributed by atoms with Crippen molar-refractivity contribution in [2.24, 2.45) is 5.41 Å². The minimum atomic E-state index is -0.112. The molecule has 0 aliphatic heterocycles. The molecule has 0 aromatic heterocycles. The van der Waals surface area contributed by atoms with Gasteiger partial charge in [-0.1, -0.05) is 20.8 Å². The highest BCUT2D eigenvalue weighted by Crippen LogP contribution is 2.37. The van der Waals surface area contributed by atoms with Crippen molar-refractivity contribution in [3.05, 3.63) is 0 Å². The summed E-state index contributed by atoms with van der Waals surface area (Å²) in [4.78, 5) is 2.32. The Labute approximate surface area is 88.3 Å². The molecule has 2 nitrogen and oxygen atoms in total. The number of hydrogen-bond acceptors (Lipinski definition) is 2. The normalized spacial score (nSPS) is 32.1. The molecule has 0 heterocycles. The van der Waals surface area contributed by atoms with Crippen LogP contribution in [-0.2, 0) is 0 Å². The number of aliphatic hydroxyl groups excluding tert-OH is 1. The zero-order chi connectivity index (χ0) is 10.8. The summed E-state index contributed by atoms with van der Waals surface area (Å²) in [6.45, 7) is 7.91. The van der Waals surface area contributed by atoms with E-state index >= 15 is 0 Å². The van der Waals surface area contributed by atoms with Crippen LogP contribution in [0.2, 0.25) is 0 Å². The Morgan fingerprint density at radius 1 is 1.43 bits per heavy atom. The van der Waals surface area contributed by atoms with Crippen LogP contribution in [0.3, 0.4) is 0 Å². The zero-order valence-corrected chi connectivity index (χ0v) is 10.1. The van der Waals surface area contributed by atoms with E-state index in [1.54, 1.807) is 0 Å². The van der Waals surface area contributed by atoms with E-state index in [1.165, 1.54) is 6.42 Å². The van der Waals surface area contributed by atoms with Crippen LogP contribution in [0.4, 0.5) is 0 Å². The first-order valence-electron chi connectivity index (χ1n) is 5.84. The first kappa shape index (κ1) is 12.0. The summed E-state index contributed by atoms with van der Waals surface area (Å²) < 4.78 is 0. The van der Waals surface area contributed by atoms with Crippen LogP contribution >= 0.6 is 0 Å². The van der Waals surface area contributed by atoms with Gasteiger partial charge in [-0.05, 0) is 44.7 Å². The Hall–Kier alpha value is -0.0800. The Kier molecular flexibility index (Phi) is 3.96. The maximum atomic E-state index is 9.96. The molecule has 0 aromatic rings. The zero-order valence-electron chi connectivity index (χ0n) is 10.1. The molecule has 2 unspecified atom stereocenters. The highest BCUT2D eigenvalue weighted by Gasteiger charge is 2.35. The second-order valence-corrected chi connectivity index (χ2v) is 5.52. The Morgan fingerprint density at radius 3 is 2.64 bits per heavy atom. The van der Waals surface area contributed by atoms with Gasteiger partial charge in [-0.15, -0.1) is 0 Å². The van der Waals surface area contributed by atoms with Crippen molar-refractivity contribution in [1.29, 1.82) is 0 Å². The lowest BCUT2D eigenvalue weighted by Crippen LogP contribution is -2.47. The lowest BCUT2D eigenvalue weighted by Gasteiger charge is -2.42. The van der Waals surface area contributed by atoms with Crippen LogP contribution < -0.4 is 0 Å². The molecule has 1 saturated carbocycles. The molecule has 1 aliphatic carbocycles. The molecule has 0 amide bonds. The van der Waals surface area contributed by atoms with Crippen LogP contribution in [0.25, 0.3) is 0 Å². The van der Waals surface area contributed by atoms with Crippen molar-refractivity contribution in [3.8, 4) is 0 Å². The van der Waals surface area contributed by atoms with E-state index < -0.39 is 0 Å². The molecule has 2 heteroatoms. The average molecular weight is 199 g/mol. The number of nitrogens with zero attached hydrogens (tertiary/aromatic N) is 1. The lowest BCUT2D eigenvalue weighted by atomic mass is 9.73. The molecular formula is C12H25NO. The number of rotatable bonds is 3. The average Bonchev–Trinajstić information content (AvgIpc) is 2.10. The summed E-state index contributed by atoms with van der Waals surface area (Å²) in [6.07, 6.45) is 4.31. The van der Waals surface area contributed by atoms with Crippen LogP contribution in [0, 0.1) is 5.41 Å². The maximum Gasteiger partial charge on any atom is 0.0695 e. The second kappa shape index (κ2) is 4.63. The molecule has 0 spiro atoms. The fraction of sp³-hybridized carbons (Fsp3) is 1.00. The van der Waals surface area contributed by atoms with E-state index in [2.05, 4.69) is 32.7 Å². The van der Waals surface area contributed by atoms with E-state index in [0.29, 0.717) is 11.5 Å². The third-order valence-corrected chi connectivity index (χ3v) is 3.47. The van der Waals surface area contributed by atoms with Crippen molar-refractivity contribution in [2.45, 2.75) is 58.6 Å². The fourth-order valence-corrected chi connectivity index (χ4v) is 2.50. The second-order valence-electron chi connectivity index (χ2n) is 5.52. The Balaban J connectivity index is 2.56. The standard InChI is InChI=1S/C12H25NO/c1-5-8-13(4)10-9-12(2,3)7-6-11(10)14/h10-11,14H,5-9H2,1-4H3. The monoisotopic (exact) mass is 199 g/mol. The van der Waals surface area contributed by atoms with E-state index in [9.17, 15) is 5.11 Å². The van der Waals surface area contributed by atoms with Crippen LogP contribution in [0.5, 0.6) is 0 Å². The van der Waals surface area contributed by atoms with Crippen molar-refractivity contribution >= 4 is 0 Å². The van der Waals surface area contributed by atoms with Gasteiger partial charge in [0.25, 0.3) is 0 Å². The fourth-order valence-electron chi connectivity index (χ4n) is 2.50. The lowest BCUT2D eigenvalue weighted by molar-refractivity contribution is -0.00713. The predicted molar refractivity (Wildman–Crippen MR) is 60.3 cm³/mol. The number of hydrogen-bond donors (Lipinski definition) is 1. The summed E-state index contributed by atoms with van der Waals surface area (Å²) in [7, 11) is 2.14. The summed E-state index contributed by atoms with van der Waals surface area (Å²) >= 11 is 0. The molecule has 84 valence electrons. The van der Waals surface area contributed by atoms with Crippen LogP contribution in [-0.4, -0.2) is 35.7 Å². The first-order chi connectivity index (χ1) is 6.46. The number of likely N-dealkylation sites (N-methyl/N-ethyl adjacent to an activating group) is 1. The van der Waals surface area contributed by atoms with Gasteiger partial charge >= 0.3 is 0 Å². The molecule has 1 aliphatic rings. The van der Waals surface area contributed by atoms with Gasteiger partial charge < -0.3 is 10.0 Å². The summed E-state index contributed by atoms with van der Waals surface area (Å²) in [5.74, 6) is 0. The van der Waals surface area contributed by atoms with Gasteiger partial charge in [0.1, 0.15) is 0 Å². The molecular weight excluding hydrogens is 174 g/mol. The summed E-state index contributed by atoms with van der Waals surface area (Å²) in [5.41, 5.74) is 0.409. The molecule has 0 radical (unpaired) electrons. The van der Waals surface area contributed by atoms with Gasteiger partial charge in [0.15, 0.2) is 0 Å². The third kappa shape index (κ3) is 2.96. The van der Waals surface area contributed by atoms with Gasteiger partial charge in [0, 0.05) is 6.04 Å². The number of aliphatic hydroxyl groups is 1.